The van der Waals surface area contributed by atoms with Gasteiger partial charge in [0.15, 0.2) is 0 Å². The minimum absolute atomic E-state index is 0.0295. The summed E-state index contributed by atoms with van der Waals surface area (Å²) < 4.78 is 41.4. The molecule has 0 aliphatic rings. The van der Waals surface area contributed by atoms with Crippen LogP contribution in [0.1, 0.15) is 49.8 Å². The van der Waals surface area contributed by atoms with Crippen molar-refractivity contribution in [1.29, 1.82) is 0 Å². The molecule has 10 heteroatoms. The van der Waals surface area contributed by atoms with E-state index < -0.39 is 21.9 Å². The van der Waals surface area contributed by atoms with Gasteiger partial charge in [0.25, 0.3) is 0 Å². The summed E-state index contributed by atoms with van der Waals surface area (Å²) in [6.07, 6.45) is 2.17. The molecule has 0 aliphatic carbocycles. The molecule has 0 radical (unpaired) electrons. The molecular formula is C32H39ClFN3O4S. The van der Waals surface area contributed by atoms with Crippen LogP contribution in [-0.4, -0.2) is 50.0 Å². The van der Waals surface area contributed by atoms with E-state index in [1.54, 1.807) is 43.3 Å². The summed E-state index contributed by atoms with van der Waals surface area (Å²) in [7, 11) is -3.68. The number of benzene rings is 3. The fourth-order valence-electron chi connectivity index (χ4n) is 4.65. The molecule has 42 heavy (non-hydrogen) atoms. The van der Waals surface area contributed by atoms with Gasteiger partial charge in [-0.15, -0.1) is 0 Å². The van der Waals surface area contributed by atoms with Crippen molar-refractivity contribution in [3.8, 4) is 0 Å². The van der Waals surface area contributed by atoms with Gasteiger partial charge in [0.2, 0.25) is 21.8 Å². The lowest BCUT2D eigenvalue weighted by Gasteiger charge is -2.33. The Kier molecular flexibility index (Phi) is 11.9. The average molecular weight is 616 g/mol. The quantitative estimate of drug-likeness (QED) is 0.245. The number of sulfonamides is 1. The van der Waals surface area contributed by atoms with Crippen molar-refractivity contribution in [1.82, 2.24) is 10.2 Å². The van der Waals surface area contributed by atoms with E-state index >= 15 is 0 Å². The first-order chi connectivity index (χ1) is 19.9. The summed E-state index contributed by atoms with van der Waals surface area (Å²) in [4.78, 5) is 28.9. The van der Waals surface area contributed by atoms with Crippen LogP contribution in [0.2, 0.25) is 5.02 Å². The second-order valence-corrected chi connectivity index (χ2v) is 12.8. The van der Waals surface area contributed by atoms with Gasteiger partial charge in [0, 0.05) is 42.6 Å². The molecule has 0 aromatic heterocycles. The third-order valence-corrected chi connectivity index (χ3v) is 8.82. The SMILES string of the molecule is CC[C@@H](C)NC(=O)[C@@H](Cc1ccccc1)N(Cc1ccccc1F)C(=O)CCCN(c1cccc(Cl)c1C)S(C)(=O)=O. The third kappa shape index (κ3) is 9.03. The monoisotopic (exact) mass is 615 g/mol. The van der Waals surface area contributed by atoms with Gasteiger partial charge in [-0.25, -0.2) is 12.8 Å². The Bertz CT molecular complexity index is 1470. The van der Waals surface area contributed by atoms with E-state index in [0.29, 0.717) is 22.7 Å². The molecule has 0 saturated carbocycles. The van der Waals surface area contributed by atoms with Gasteiger partial charge in [-0.05, 0) is 56.0 Å². The number of carbonyl (C=O) groups is 2. The highest BCUT2D eigenvalue weighted by Crippen LogP contribution is 2.28. The standard InChI is InChI=1S/C32H39ClFN3O4S/c1-5-23(2)35-32(39)30(21-25-13-7-6-8-14-25)36(22-26-15-9-10-17-28(26)34)31(38)19-12-20-37(42(4,40)41)29-18-11-16-27(33)24(29)3/h6-11,13-18,23,30H,5,12,19-22H2,1-4H3,(H,35,39)/t23-,30-/m1/s1. The van der Waals surface area contributed by atoms with Crippen LogP contribution in [0.5, 0.6) is 0 Å². The number of nitrogens with one attached hydrogen (secondary N) is 1. The molecule has 0 spiro atoms. The molecule has 1 N–H and O–H groups in total. The Morgan fingerprint density at radius 3 is 2.31 bits per heavy atom. The predicted molar refractivity (Wildman–Crippen MR) is 166 cm³/mol. The lowest BCUT2D eigenvalue weighted by molar-refractivity contribution is -0.141. The van der Waals surface area contributed by atoms with E-state index in [4.69, 9.17) is 11.6 Å². The minimum atomic E-state index is -3.68. The summed E-state index contributed by atoms with van der Waals surface area (Å²) in [5, 5.41) is 3.42. The zero-order valence-corrected chi connectivity index (χ0v) is 26.1. The Balaban J connectivity index is 1.92. The largest absolute Gasteiger partial charge is 0.352 e. The van der Waals surface area contributed by atoms with Crippen molar-refractivity contribution in [2.24, 2.45) is 0 Å². The van der Waals surface area contributed by atoms with Crippen molar-refractivity contribution in [2.75, 3.05) is 17.1 Å². The van der Waals surface area contributed by atoms with Crippen molar-refractivity contribution in [2.45, 2.75) is 65.1 Å². The first-order valence-electron chi connectivity index (χ1n) is 14.0. The van der Waals surface area contributed by atoms with Gasteiger partial charge in [-0.3, -0.25) is 13.9 Å². The number of hydrogen-bond acceptors (Lipinski definition) is 4. The molecule has 226 valence electrons. The summed E-state index contributed by atoms with van der Waals surface area (Å²) in [6.45, 7) is 5.50. The highest BCUT2D eigenvalue weighted by atomic mass is 35.5. The number of carbonyl (C=O) groups excluding carboxylic acids is 2. The molecule has 0 aliphatic heterocycles. The first-order valence-corrected chi connectivity index (χ1v) is 16.2. The van der Waals surface area contributed by atoms with E-state index in [-0.39, 0.29) is 55.8 Å². The highest BCUT2D eigenvalue weighted by Gasteiger charge is 2.31. The van der Waals surface area contributed by atoms with Crippen LogP contribution in [0.4, 0.5) is 10.1 Å². The van der Waals surface area contributed by atoms with Gasteiger partial charge in [0.05, 0.1) is 11.9 Å². The molecule has 0 heterocycles. The molecule has 0 unspecified atom stereocenters. The molecule has 2 atom stereocenters. The third-order valence-electron chi connectivity index (χ3n) is 7.23. The summed E-state index contributed by atoms with van der Waals surface area (Å²) in [6, 6.07) is 19.5. The number of halogens is 2. The fraction of sp³-hybridized carbons (Fsp3) is 0.375. The van der Waals surface area contributed by atoms with Crippen molar-refractivity contribution in [3.63, 3.8) is 0 Å². The lowest BCUT2D eigenvalue weighted by Crippen LogP contribution is -2.52. The highest BCUT2D eigenvalue weighted by molar-refractivity contribution is 7.92. The Morgan fingerprint density at radius 2 is 1.67 bits per heavy atom. The number of hydrogen-bond donors (Lipinski definition) is 1. The number of amides is 2. The van der Waals surface area contributed by atoms with Crippen molar-refractivity contribution in [3.05, 3.63) is 100 Å². The van der Waals surface area contributed by atoms with Crippen LogP contribution in [0.15, 0.2) is 72.8 Å². The van der Waals surface area contributed by atoms with Crippen molar-refractivity contribution < 1.29 is 22.4 Å². The van der Waals surface area contributed by atoms with Crippen LogP contribution in [-0.2, 0) is 32.6 Å². The summed E-state index contributed by atoms with van der Waals surface area (Å²) >= 11 is 6.25. The van der Waals surface area contributed by atoms with E-state index in [2.05, 4.69) is 5.32 Å². The van der Waals surface area contributed by atoms with Crippen LogP contribution in [0.25, 0.3) is 0 Å². The fourth-order valence-corrected chi connectivity index (χ4v) is 5.84. The molecule has 7 nitrogen and oxygen atoms in total. The van der Waals surface area contributed by atoms with Crippen LogP contribution < -0.4 is 9.62 Å². The Morgan fingerprint density at radius 1 is 1.00 bits per heavy atom. The topological polar surface area (TPSA) is 86.8 Å². The van der Waals surface area contributed by atoms with Gasteiger partial charge >= 0.3 is 0 Å². The van der Waals surface area contributed by atoms with Crippen LogP contribution in [0, 0.1) is 12.7 Å². The lowest BCUT2D eigenvalue weighted by atomic mass is 10.0. The van der Waals surface area contributed by atoms with E-state index in [1.807, 2.05) is 44.2 Å². The van der Waals surface area contributed by atoms with Gasteiger partial charge in [-0.2, -0.15) is 0 Å². The maximum absolute atomic E-state index is 14.8. The summed E-state index contributed by atoms with van der Waals surface area (Å²) in [5.41, 5.74) is 2.19. The van der Waals surface area contributed by atoms with E-state index in [1.165, 1.54) is 15.3 Å². The molecule has 3 rings (SSSR count). The zero-order valence-electron chi connectivity index (χ0n) is 24.5. The molecule has 0 bridgehead atoms. The predicted octanol–water partition coefficient (Wildman–Crippen LogP) is 5.89. The summed E-state index contributed by atoms with van der Waals surface area (Å²) in [5.74, 6) is -1.18. The van der Waals surface area contributed by atoms with Gasteiger partial charge in [0.1, 0.15) is 11.9 Å². The smallest absolute Gasteiger partial charge is 0.243 e. The number of rotatable bonds is 14. The molecule has 0 fully saturated rings. The maximum atomic E-state index is 14.8. The second kappa shape index (κ2) is 15.2. The van der Waals surface area contributed by atoms with Gasteiger partial charge < -0.3 is 10.2 Å². The molecule has 3 aromatic carbocycles. The van der Waals surface area contributed by atoms with Crippen molar-refractivity contribution >= 4 is 39.1 Å². The second-order valence-electron chi connectivity index (χ2n) is 10.5. The Labute approximate surface area is 253 Å². The number of nitrogens with zero attached hydrogens (tertiary/aromatic N) is 2. The minimum Gasteiger partial charge on any atom is -0.352 e. The van der Waals surface area contributed by atoms with Crippen LogP contribution >= 0.6 is 11.6 Å². The Hall–Kier alpha value is -3.43. The van der Waals surface area contributed by atoms with E-state index in [0.717, 1.165) is 11.8 Å². The first kappa shape index (κ1) is 33.1. The van der Waals surface area contributed by atoms with Crippen LogP contribution in [0.3, 0.4) is 0 Å². The molecule has 0 saturated heterocycles. The normalized spacial score (nSPS) is 12.8. The molecular weight excluding hydrogens is 577 g/mol. The average Bonchev–Trinajstić information content (AvgIpc) is 2.95. The van der Waals surface area contributed by atoms with Gasteiger partial charge in [-0.1, -0.05) is 73.1 Å². The zero-order chi connectivity index (χ0) is 30.9. The maximum Gasteiger partial charge on any atom is 0.243 e. The number of anilines is 1. The molecule has 2 amide bonds. The van der Waals surface area contributed by atoms with E-state index in [9.17, 15) is 22.4 Å². The molecule has 3 aromatic rings.